The second-order valence-corrected chi connectivity index (χ2v) is 9.10. The van der Waals surface area contributed by atoms with Crippen molar-refractivity contribution in [1.29, 1.82) is 0 Å². The molecule has 0 radical (unpaired) electrons. The smallest absolute Gasteiger partial charge is 0.334 e. The summed E-state index contributed by atoms with van der Waals surface area (Å²) in [7, 11) is 2.89. The van der Waals surface area contributed by atoms with E-state index in [1.807, 2.05) is 0 Å². The molecule has 0 spiro atoms. The first-order valence-electron chi connectivity index (χ1n) is 11.2. The quantitative estimate of drug-likeness (QED) is 0.172. The Balaban J connectivity index is 2.50. The van der Waals surface area contributed by atoms with Crippen LogP contribution in [0.4, 0.5) is 0 Å². The van der Waals surface area contributed by atoms with E-state index in [9.17, 15) is 9.59 Å². The average molecular weight is 425 g/mol. The number of allylic oxidation sites excluding steroid dienone is 3. The normalized spacial score (nSPS) is 17.7. The third-order valence-corrected chi connectivity index (χ3v) is 6.88. The Morgan fingerprint density at radius 1 is 1.14 bits per heavy atom. The molecule has 0 N–H and O–H groups in total. The molecule has 166 valence electrons. The van der Waals surface area contributed by atoms with Gasteiger partial charge in [0.2, 0.25) is 0 Å². The number of methoxy groups -OCH3 is 2. The van der Waals surface area contributed by atoms with Gasteiger partial charge in [0.15, 0.2) is 0 Å². The van der Waals surface area contributed by atoms with Crippen molar-refractivity contribution in [3.05, 3.63) is 22.6 Å². The maximum atomic E-state index is 12.2. The van der Waals surface area contributed by atoms with Crippen molar-refractivity contribution in [2.45, 2.75) is 84.5 Å². The highest BCUT2D eigenvalue weighted by Crippen LogP contribution is 2.41. The molecule has 0 aromatic heterocycles. The Morgan fingerprint density at radius 2 is 1.93 bits per heavy atom. The summed E-state index contributed by atoms with van der Waals surface area (Å²) in [6.07, 6.45) is 16.0. The summed E-state index contributed by atoms with van der Waals surface area (Å²) >= 11 is 1.80. The first kappa shape index (κ1) is 25.8. The average Bonchev–Trinajstić information content (AvgIpc) is 3.13. The number of rotatable bonds is 15. The van der Waals surface area contributed by atoms with Crippen LogP contribution in [0, 0.1) is 11.8 Å². The molecule has 0 heterocycles. The number of unbranched alkanes of at least 4 members (excludes halogenated alkanes) is 3. The van der Waals surface area contributed by atoms with Crippen LogP contribution in [0.3, 0.4) is 0 Å². The molecule has 2 atom stereocenters. The van der Waals surface area contributed by atoms with Crippen LogP contribution in [0.2, 0.25) is 0 Å². The SMILES string of the molecule is CCCCC(C)CC/C=C/C1CCC(C(=O)OC)=C1SCCCCCC(=O)OC. The lowest BCUT2D eigenvalue weighted by Crippen LogP contribution is -2.05. The zero-order valence-electron chi connectivity index (χ0n) is 18.8. The maximum Gasteiger partial charge on any atom is 0.334 e. The number of hydrogen-bond acceptors (Lipinski definition) is 5. The molecule has 4 nitrogen and oxygen atoms in total. The van der Waals surface area contributed by atoms with E-state index in [0.717, 1.165) is 55.8 Å². The van der Waals surface area contributed by atoms with E-state index in [4.69, 9.17) is 4.74 Å². The number of hydrogen-bond donors (Lipinski definition) is 0. The summed E-state index contributed by atoms with van der Waals surface area (Å²) in [5, 5.41) is 0. The molecule has 0 amide bonds. The zero-order chi connectivity index (χ0) is 21.5. The Morgan fingerprint density at radius 3 is 2.62 bits per heavy atom. The van der Waals surface area contributed by atoms with E-state index in [1.54, 1.807) is 11.8 Å². The monoisotopic (exact) mass is 424 g/mol. The van der Waals surface area contributed by atoms with E-state index in [2.05, 4.69) is 30.7 Å². The predicted molar refractivity (Wildman–Crippen MR) is 122 cm³/mol. The molecule has 29 heavy (non-hydrogen) atoms. The van der Waals surface area contributed by atoms with Crippen LogP contribution in [0.25, 0.3) is 0 Å². The van der Waals surface area contributed by atoms with Gasteiger partial charge in [-0.05, 0) is 50.2 Å². The van der Waals surface area contributed by atoms with E-state index < -0.39 is 0 Å². The van der Waals surface area contributed by atoms with E-state index in [0.29, 0.717) is 12.3 Å². The minimum absolute atomic E-state index is 0.140. The highest BCUT2D eigenvalue weighted by Gasteiger charge is 2.28. The van der Waals surface area contributed by atoms with Crippen LogP contribution in [0.5, 0.6) is 0 Å². The molecule has 0 saturated carbocycles. The van der Waals surface area contributed by atoms with Crippen molar-refractivity contribution in [3.63, 3.8) is 0 Å². The van der Waals surface area contributed by atoms with Gasteiger partial charge in [-0.15, -0.1) is 11.8 Å². The van der Waals surface area contributed by atoms with Gasteiger partial charge >= 0.3 is 11.9 Å². The van der Waals surface area contributed by atoms with Crippen molar-refractivity contribution in [2.24, 2.45) is 11.8 Å². The van der Waals surface area contributed by atoms with E-state index in [-0.39, 0.29) is 11.9 Å². The van der Waals surface area contributed by atoms with Crippen LogP contribution in [0.15, 0.2) is 22.6 Å². The van der Waals surface area contributed by atoms with Crippen molar-refractivity contribution in [3.8, 4) is 0 Å². The first-order chi connectivity index (χ1) is 14.0. The number of ether oxygens (including phenoxy) is 2. The highest BCUT2D eigenvalue weighted by atomic mass is 32.2. The van der Waals surface area contributed by atoms with Crippen molar-refractivity contribution >= 4 is 23.7 Å². The summed E-state index contributed by atoms with van der Waals surface area (Å²) in [5.41, 5.74) is 0.859. The first-order valence-corrected chi connectivity index (χ1v) is 12.2. The van der Waals surface area contributed by atoms with Gasteiger partial charge in [0.1, 0.15) is 0 Å². The van der Waals surface area contributed by atoms with Gasteiger partial charge in [-0.1, -0.05) is 51.7 Å². The minimum atomic E-state index is -0.178. The number of esters is 2. The Labute approximate surface area is 181 Å². The molecule has 0 aliphatic heterocycles. The Kier molecular flexibility index (Phi) is 13.9. The van der Waals surface area contributed by atoms with Gasteiger partial charge in [0, 0.05) is 22.8 Å². The molecule has 0 saturated heterocycles. The molecule has 0 fully saturated rings. The van der Waals surface area contributed by atoms with Gasteiger partial charge in [-0.2, -0.15) is 0 Å². The van der Waals surface area contributed by atoms with Crippen molar-refractivity contribution in [1.82, 2.24) is 0 Å². The standard InChI is InChI=1S/C24H40O4S/c1-5-6-12-19(2)13-9-10-14-20-16-17-21(24(26)28-4)23(20)29-18-11-7-8-15-22(25)27-3/h10,14,19-20H,5-9,11-13,15-18H2,1-4H3/b14-10+. The predicted octanol–water partition coefficient (Wildman–Crippen LogP) is 6.45. The molecule has 1 aliphatic carbocycles. The lowest BCUT2D eigenvalue weighted by atomic mass is 9.98. The molecule has 1 rings (SSSR count). The maximum absolute atomic E-state index is 12.2. The van der Waals surface area contributed by atoms with Crippen LogP contribution >= 0.6 is 11.8 Å². The van der Waals surface area contributed by atoms with Crippen molar-refractivity contribution in [2.75, 3.05) is 20.0 Å². The molecule has 2 unspecified atom stereocenters. The summed E-state index contributed by atoms with van der Waals surface area (Å²) in [5.74, 6) is 1.77. The summed E-state index contributed by atoms with van der Waals surface area (Å²) in [4.78, 5) is 24.5. The second kappa shape index (κ2) is 15.6. The summed E-state index contributed by atoms with van der Waals surface area (Å²) < 4.78 is 9.68. The second-order valence-electron chi connectivity index (χ2n) is 7.97. The van der Waals surface area contributed by atoms with E-state index in [1.165, 1.54) is 44.8 Å². The minimum Gasteiger partial charge on any atom is -0.469 e. The van der Waals surface area contributed by atoms with Gasteiger partial charge < -0.3 is 9.47 Å². The fourth-order valence-corrected chi connectivity index (χ4v) is 4.99. The molecule has 0 bridgehead atoms. The third-order valence-electron chi connectivity index (χ3n) is 5.53. The van der Waals surface area contributed by atoms with Gasteiger partial charge in [0.05, 0.1) is 14.2 Å². The summed E-state index contributed by atoms with van der Waals surface area (Å²) in [6.45, 7) is 4.59. The van der Waals surface area contributed by atoms with Crippen molar-refractivity contribution < 1.29 is 19.1 Å². The molecule has 0 aromatic rings. The molecular formula is C24H40O4S. The van der Waals surface area contributed by atoms with Gasteiger partial charge in [0.25, 0.3) is 0 Å². The van der Waals surface area contributed by atoms with Crippen LogP contribution in [-0.4, -0.2) is 31.9 Å². The molecule has 5 heteroatoms. The van der Waals surface area contributed by atoms with Gasteiger partial charge in [-0.3, -0.25) is 4.79 Å². The lowest BCUT2D eigenvalue weighted by Gasteiger charge is -2.12. The molecular weight excluding hydrogens is 384 g/mol. The summed E-state index contributed by atoms with van der Waals surface area (Å²) in [6, 6.07) is 0. The Bertz CT molecular complexity index is 553. The van der Waals surface area contributed by atoms with Gasteiger partial charge in [-0.25, -0.2) is 4.79 Å². The lowest BCUT2D eigenvalue weighted by molar-refractivity contribution is -0.140. The van der Waals surface area contributed by atoms with E-state index >= 15 is 0 Å². The highest BCUT2D eigenvalue weighted by molar-refractivity contribution is 8.03. The fraction of sp³-hybridized carbons (Fsp3) is 0.750. The number of carbonyl (C=O) groups is 2. The van der Waals surface area contributed by atoms with Crippen LogP contribution in [0.1, 0.15) is 84.5 Å². The third kappa shape index (κ3) is 10.4. The number of carbonyl (C=O) groups excluding carboxylic acids is 2. The fourth-order valence-electron chi connectivity index (χ4n) is 3.65. The molecule has 1 aliphatic rings. The molecule has 0 aromatic carbocycles. The largest absolute Gasteiger partial charge is 0.469 e. The van der Waals surface area contributed by atoms with Crippen LogP contribution in [-0.2, 0) is 19.1 Å². The van der Waals surface area contributed by atoms with Crippen LogP contribution < -0.4 is 0 Å². The Hall–Kier alpha value is -1.23. The number of thioether (sulfide) groups is 1. The zero-order valence-corrected chi connectivity index (χ0v) is 19.7. The topological polar surface area (TPSA) is 52.6 Å².